The highest BCUT2D eigenvalue weighted by Crippen LogP contribution is 2.28. The second-order valence-electron chi connectivity index (χ2n) is 6.69. The number of nitrogens with zero attached hydrogens (tertiary/aromatic N) is 2. The standard InChI is InChI=1S/C19H23N3O5S3/c1-21(2)17(23)13-27-15-5-3-14(4-6-15)20-19(24)18-16(7-10-29-18)30(25,26)22-8-11-28-12-9-22/h3-7,10H,8-9,11-13H2,1-2H3,(H,20,24). The van der Waals surface area contributed by atoms with Crippen LogP contribution >= 0.6 is 23.1 Å². The minimum atomic E-state index is -3.70. The molecule has 1 fully saturated rings. The van der Waals surface area contributed by atoms with Gasteiger partial charge in [-0.2, -0.15) is 16.1 Å². The maximum absolute atomic E-state index is 12.9. The van der Waals surface area contributed by atoms with E-state index in [1.807, 2.05) is 0 Å². The van der Waals surface area contributed by atoms with Crippen LogP contribution in [0.1, 0.15) is 9.67 Å². The average Bonchev–Trinajstić information content (AvgIpc) is 3.24. The van der Waals surface area contributed by atoms with E-state index >= 15 is 0 Å². The molecular weight excluding hydrogens is 446 g/mol. The number of anilines is 1. The Morgan fingerprint density at radius 3 is 2.43 bits per heavy atom. The van der Waals surface area contributed by atoms with Crippen molar-refractivity contribution in [2.45, 2.75) is 4.90 Å². The number of sulfonamides is 1. The molecule has 3 rings (SSSR count). The number of ether oxygens (including phenoxy) is 1. The van der Waals surface area contributed by atoms with Crippen LogP contribution in [0.15, 0.2) is 40.6 Å². The van der Waals surface area contributed by atoms with Gasteiger partial charge in [0.1, 0.15) is 15.5 Å². The van der Waals surface area contributed by atoms with Gasteiger partial charge in [-0.15, -0.1) is 11.3 Å². The molecule has 0 unspecified atom stereocenters. The van der Waals surface area contributed by atoms with E-state index in [4.69, 9.17) is 4.74 Å². The SMILES string of the molecule is CN(C)C(=O)COc1ccc(NC(=O)c2sccc2S(=O)(=O)N2CCSCC2)cc1. The van der Waals surface area contributed by atoms with Gasteiger partial charge in [-0.3, -0.25) is 9.59 Å². The maximum Gasteiger partial charge on any atom is 0.267 e. The Kier molecular flexibility index (Phi) is 7.40. The van der Waals surface area contributed by atoms with Crippen molar-refractivity contribution in [3.8, 4) is 5.75 Å². The van der Waals surface area contributed by atoms with Crippen LogP contribution in [0.4, 0.5) is 5.69 Å². The fraction of sp³-hybridized carbons (Fsp3) is 0.368. The molecule has 0 spiro atoms. The lowest BCUT2D eigenvalue weighted by Gasteiger charge is -2.25. The minimum absolute atomic E-state index is 0.0408. The van der Waals surface area contributed by atoms with Gasteiger partial charge in [0.15, 0.2) is 6.61 Å². The predicted octanol–water partition coefficient (Wildman–Crippen LogP) is 2.20. The molecule has 1 saturated heterocycles. The van der Waals surface area contributed by atoms with Crippen LogP contribution in [0, 0.1) is 0 Å². The molecule has 8 nitrogen and oxygen atoms in total. The number of rotatable bonds is 7. The quantitative estimate of drug-likeness (QED) is 0.668. The Bertz CT molecular complexity index is 997. The Labute approximate surface area is 184 Å². The molecule has 2 heterocycles. The molecule has 2 aromatic rings. The second-order valence-corrected chi connectivity index (χ2v) is 10.7. The molecule has 1 aliphatic heterocycles. The predicted molar refractivity (Wildman–Crippen MR) is 119 cm³/mol. The number of carbonyl (C=O) groups is 2. The van der Waals surface area contributed by atoms with E-state index in [-0.39, 0.29) is 22.3 Å². The van der Waals surface area contributed by atoms with Crippen LogP contribution in [0.5, 0.6) is 5.75 Å². The normalized spacial score (nSPS) is 14.9. The number of carbonyl (C=O) groups excluding carboxylic acids is 2. The molecule has 0 bridgehead atoms. The third kappa shape index (κ3) is 5.34. The lowest BCUT2D eigenvalue weighted by molar-refractivity contribution is -0.130. The first kappa shape index (κ1) is 22.6. The third-order valence-corrected chi connectivity index (χ3v) is 8.32. The number of likely N-dealkylation sites (N-methyl/N-ethyl adjacent to an activating group) is 1. The molecule has 0 atom stereocenters. The molecular formula is C19H23N3O5S3. The smallest absolute Gasteiger partial charge is 0.267 e. The maximum atomic E-state index is 12.9. The summed E-state index contributed by atoms with van der Waals surface area (Å²) >= 11 is 2.81. The van der Waals surface area contributed by atoms with Crippen molar-refractivity contribution >= 4 is 50.6 Å². The van der Waals surface area contributed by atoms with E-state index in [0.29, 0.717) is 24.5 Å². The molecule has 2 amide bonds. The summed E-state index contributed by atoms with van der Waals surface area (Å²) in [6.45, 7) is 0.813. The number of hydrogen-bond acceptors (Lipinski definition) is 7. The van der Waals surface area contributed by atoms with Crippen LogP contribution in [-0.2, 0) is 14.8 Å². The fourth-order valence-electron chi connectivity index (χ4n) is 2.69. The van der Waals surface area contributed by atoms with Crippen molar-refractivity contribution in [2.75, 3.05) is 50.6 Å². The molecule has 0 saturated carbocycles. The highest BCUT2D eigenvalue weighted by Gasteiger charge is 2.31. The number of thiophene rings is 1. The van der Waals surface area contributed by atoms with Gasteiger partial charge in [0, 0.05) is 44.4 Å². The molecule has 0 radical (unpaired) electrons. The molecule has 162 valence electrons. The highest BCUT2D eigenvalue weighted by molar-refractivity contribution is 7.99. The summed E-state index contributed by atoms with van der Waals surface area (Å²) < 4.78 is 32.7. The summed E-state index contributed by atoms with van der Waals surface area (Å²) in [7, 11) is -0.409. The van der Waals surface area contributed by atoms with Gasteiger partial charge >= 0.3 is 0 Å². The van der Waals surface area contributed by atoms with Gasteiger partial charge in [0.25, 0.3) is 11.8 Å². The van der Waals surface area contributed by atoms with E-state index < -0.39 is 15.9 Å². The topological polar surface area (TPSA) is 96.0 Å². The summed E-state index contributed by atoms with van der Waals surface area (Å²) in [5.74, 6) is 1.35. The summed E-state index contributed by atoms with van der Waals surface area (Å²) in [5, 5.41) is 4.33. The van der Waals surface area contributed by atoms with Gasteiger partial charge in [-0.1, -0.05) is 0 Å². The van der Waals surface area contributed by atoms with E-state index in [9.17, 15) is 18.0 Å². The zero-order valence-corrected chi connectivity index (χ0v) is 19.1. The van der Waals surface area contributed by atoms with Gasteiger partial charge in [-0.05, 0) is 35.7 Å². The second kappa shape index (κ2) is 9.82. The third-order valence-electron chi connectivity index (χ3n) is 4.40. The molecule has 1 aliphatic rings. The van der Waals surface area contributed by atoms with Crippen molar-refractivity contribution in [2.24, 2.45) is 0 Å². The van der Waals surface area contributed by atoms with Crippen LogP contribution in [0.3, 0.4) is 0 Å². The molecule has 1 aromatic carbocycles. The van der Waals surface area contributed by atoms with Gasteiger partial charge in [0.05, 0.1) is 0 Å². The number of amides is 2. The van der Waals surface area contributed by atoms with Crippen molar-refractivity contribution in [3.05, 3.63) is 40.6 Å². The van der Waals surface area contributed by atoms with E-state index in [2.05, 4.69) is 5.32 Å². The lowest BCUT2D eigenvalue weighted by atomic mass is 10.3. The monoisotopic (exact) mass is 469 g/mol. The van der Waals surface area contributed by atoms with Gasteiger partial charge in [-0.25, -0.2) is 8.42 Å². The molecule has 1 N–H and O–H groups in total. The van der Waals surface area contributed by atoms with Crippen molar-refractivity contribution in [1.82, 2.24) is 9.21 Å². The number of hydrogen-bond donors (Lipinski definition) is 1. The summed E-state index contributed by atoms with van der Waals surface area (Å²) in [5.41, 5.74) is 0.498. The van der Waals surface area contributed by atoms with Crippen LogP contribution in [-0.4, -0.2) is 74.7 Å². The van der Waals surface area contributed by atoms with Gasteiger partial charge in [0.2, 0.25) is 10.0 Å². The average molecular weight is 470 g/mol. The Balaban J connectivity index is 1.67. The fourth-order valence-corrected chi connectivity index (χ4v) is 6.56. The van der Waals surface area contributed by atoms with Crippen molar-refractivity contribution in [3.63, 3.8) is 0 Å². The van der Waals surface area contributed by atoms with E-state index in [1.165, 1.54) is 15.3 Å². The Hall–Kier alpha value is -2.08. The first-order chi connectivity index (χ1) is 14.3. The first-order valence-electron chi connectivity index (χ1n) is 9.19. The number of thioether (sulfide) groups is 1. The largest absolute Gasteiger partial charge is 0.484 e. The lowest BCUT2D eigenvalue weighted by Crippen LogP contribution is -2.38. The molecule has 1 aromatic heterocycles. The number of benzene rings is 1. The first-order valence-corrected chi connectivity index (χ1v) is 12.7. The molecule has 0 aliphatic carbocycles. The Morgan fingerprint density at radius 2 is 1.80 bits per heavy atom. The zero-order valence-electron chi connectivity index (χ0n) is 16.7. The molecule has 11 heteroatoms. The zero-order chi connectivity index (χ0) is 21.7. The Morgan fingerprint density at radius 1 is 1.13 bits per heavy atom. The minimum Gasteiger partial charge on any atom is -0.484 e. The molecule has 30 heavy (non-hydrogen) atoms. The van der Waals surface area contributed by atoms with Crippen molar-refractivity contribution in [1.29, 1.82) is 0 Å². The van der Waals surface area contributed by atoms with Crippen LogP contribution in [0.25, 0.3) is 0 Å². The number of nitrogens with one attached hydrogen (secondary N) is 1. The van der Waals surface area contributed by atoms with Crippen LogP contribution in [0.2, 0.25) is 0 Å². The summed E-state index contributed by atoms with van der Waals surface area (Å²) in [4.78, 5) is 25.9. The van der Waals surface area contributed by atoms with Crippen LogP contribution < -0.4 is 10.1 Å². The van der Waals surface area contributed by atoms with Crippen molar-refractivity contribution < 1.29 is 22.7 Å². The highest BCUT2D eigenvalue weighted by atomic mass is 32.2. The van der Waals surface area contributed by atoms with E-state index in [0.717, 1.165) is 22.8 Å². The summed E-state index contributed by atoms with van der Waals surface area (Å²) in [6.07, 6.45) is 0. The van der Waals surface area contributed by atoms with Gasteiger partial charge < -0.3 is 15.0 Å². The summed E-state index contributed by atoms with van der Waals surface area (Å²) in [6, 6.07) is 8.02. The van der Waals surface area contributed by atoms with E-state index in [1.54, 1.807) is 55.5 Å².